The summed E-state index contributed by atoms with van der Waals surface area (Å²) in [6.07, 6.45) is 36.1. The van der Waals surface area contributed by atoms with Crippen LogP contribution in [0.15, 0.2) is 0 Å². The summed E-state index contributed by atoms with van der Waals surface area (Å²) in [5.41, 5.74) is -0.297. The molecule has 63 heavy (non-hydrogen) atoms. The maximum atomic E-state index is 7.10. The molecule has 348 valence electrons. The Bertz CT molecular complexity index is 1480. The Hall–Kier alpha value is -1.83. The second kappa shape index (κ2) is 15.9. The molecule has 0 spiro atoms. The molecule has 12 heteroatoms. The molecule has 0 amide bonds. The van der Waals surface area contributed by atoms with Gasteiger partial charge in [0, 0.05) is 0 Å². The molecule has 0 unspecified atom stereocenters. The minimum atomic E-state index is -0.0496. The zero-order chi connectivity index (χ0) is 41.7. The molecule has 12 nitrogen and oxygen atoms in total. The fourth-order valence-corrected chi connectivity index (χ4v) is 16.6. The van der Waals surface area contributed by atoms with Gasteiger partial charge in [0.2, 0.25) is 17.8 Å². The van der Waals surface area contributed by atoms with E-state index in [0.717, 1.165) is 113 Å². The van der Waals surface area contributed by atoms with Crippen molar-refractivity contribution in [2.45, 2.75) is 226 Å². The van der Waals surface area contributed by atoms with Crippen molar-refractivity contribution in [3.05, 3.63) is 0 Å². The van der Waals surface area contributed by atoms with Crippen molar-refractivity contribution in [1.29, 1.82) is 0 Å². The van der Waals surface area contributed by atoms with E-state index in [2.05, 4.69) is 14.7 Å². The summed E-state index contributed by atoms with van der Waals surface area (Å²) in [5, 5.41) is 0. The molecule has 1 aromatic rings. The van der Waals surface area contributed by atoms with Gasteiger partial charge in [0.1, 0.15) is 40.4 Å². The second-order valence-electron chi connectivity index (χ2n) is 24.5. The van der Waals surface area contributed by atoms with Gasteiger partial charge in [0.05, 0.1) is 33.6 Å². The van der Waals surface area contributed by atoms with E-state index in [-0.39, 0.29) is 33.6 Å². The van der Waals surface area contributed by atoms with Crippen LogP contribution in [-0.2, 0) is 28.4 Å². The highest BCUT2D eigenvalue weighted by atomic mass is 16.6. The Morgan fingerprint density at radius 3 is 0.571 bits per heavy atom. The fraction of sp³-hybridized carbons (Fsp3) is 0.941. The minimum Gasteiger partial charge on any atom is -0.354 e. The summed E-state index contributed by atoms with van der Waals surface area (Å²) in [6.45, 7) is 2.41. The lowest BCUT2D eigenvalue weighted by molar-refractivity contribution is -0.0697. The number of hydrogen-bond acceptors (Lipinski definition) is 12. The van der Waals surface area contributed by atoms with Crippen LogP contribution in [-0.4, -0.2) is 88.9 Å². The highest BCUT2D eigenvalue weighted by Crippen LogP contribution is 2.55. The molecule has 12 aliphatic rings. The van der Waals surface area contributed by atoms with E-state index < -0.39 is 0 Å². The van der Waals surface area contributed by atoms with Gasteiger partial charge < -0.3 is 28.4 Å². The van der Waals surface area contributed by atoms with Gasteiger partial charge in [-0.2, -0.15) is 15.0 Å². The van der Waals surface area contributed by atoms with Crippen molar-refractivity contribution in [2.24, 2.45) is 35.5 Å². The summed E-state index contributed by atoms with van der Waals surface area (Å²) >= 11 is 0. The predicted octanol–water partition coefficient (Wildman–Crippen LogP) is 10.1. The average molecular weight is 871 g/mol. The number of anilines is 3. The van der Waals surface area contributed by atoms with E-state index in [1.165, 1.54) is 116 Å². The van der Waals surface area contributed by atoms with Crippen molar-refractivity contribution >= 4 is 17.8 Å². The van der Waals surface area contributed by atoms with E-state index in [9.17, 15) is 0 Å². The molecule has 0 radical (unpaired) electrons. The standard InChI is InChI=1S/C51H78N6O6/c1-13-46(14-2-37(1)25-46)58-31-55(32-59-47-15-3-38(26-47)4-16-47)43-52-44(56(33-60-48-17-5-39(27-48)6-18-48)34-61-49-19-7-40(28-49)8-20-49)54-45(53-43)57(35-62-50-21-9-41(29-50)10-22-50)36-63-51-23-11-42(30-51)12-24-51/h37-42H,1-36H2. The number of aromatic nitrogens is 3. The number of ether oxygens (including phenoxy) is 6. The van der Waals surface area contributed by atoms with E-state index >= 15 is 0 Å². The zero-order valence-corrected chi connectivity index (χ0v) is 38.6. The van der Waals surface area contributed by atoms with Gasteiger partial charge in [-0.3, -0.25) is 14.7 Å². The van der Waals surface area contributed by atoms with Gasteiger partial charge in [0.15, 0.2) is 0 Å². The van der Waals surface area contributed by atoms with E-state index in [1.807, 2.05) is 0 Å². The van der Waals surface area contributed by atoms with E-state index in [0.29, 0.717) is 58.2 Å². The molecule has 12 aliphatic carbocycles. The number of hydrogen-bond donors (Lipinski definition) is 0. The van der Waals surface area contributed by atoms with Crippen LogP contribution in [0.1, 0.15) is 193 Å². The SMILES string of the molecule is C1CC2(OCN(COC34CCC(CC3)C4)c3nc(N(COC45CCC(CC4)C5)COC45CCC(CC4)C5)nc(N(COC45CCC(CC4)C5)COC45CCC(CC4)C5)n3)CCC1C2. The molecule has 1 heterocycles. The Labute approximate surface area is 376 Å². The summed E-state index contributed by atoms with van der Waals surface area (Å²) in [6, 6.07) is 0. The Morgan fingerprint density at radius 2 is 0.444 bits per heavy atom. The van der Waals surface area contributed by atoms with Gasteiger partial charge in [0.25, 0.3) is 0 Å². The molecule has 12 bridgehead atoms. The highest BCUT2D eigenvalue weighted by molar-refractivity contribution is 5.46. The molecular formula is C51H78N6O6. The van der Waals surface area contributed by atoms with Gasteiger partial charge in [-0.1, -0.05) is 0 Å². The first-order chi connectivity index (χ1) is 30.7. The lowest BCUT2D eigenvalue weighted by Crippen LogP contribution is -2.43. The Morgan fingerprint density at radius 1 is 0.286 bits per heavy atom. The van der Waals surface area contributed by atoms with Crippen LogP contribution in [0.3, 0.4) is 0 Å². The monoisotopic (exact) mass is 871 g/mol. The fourth-order valence-electron chi connectivity index (χ4n) is 16.6. The largest absolute Gasteiger partial charge is 0.354 e. The maximum absolute atomic E-state index is 7.10. The van der Waals surface area contributed by atoms with Crippen molar-refractivity contribution in [3.8, 4) is 0 Å². The Kier molecular flexibility index (Phi) is 10.4. The zero-order valence-electron chi connectivity index (χ0n) is 38.6. The molecule has 12 saturated carbocycles. The lowest BCUT2D eigenvalue weighted by atomic mass is 9.97. The van der Waals surface area contributed by atoms with Crippen molar-refractivity contribution in [1.82, 2.24) is 15.0 Å². The number of rotatable bonds is 21. The average Bonchev–Trinajstić information content (AvgIpc) is 4.17. The van der Waals surface area contributed by atoms with Crippen LogP contribution >= 0.6 is 0 Å². The van der Waals surface area contributed by atoms with Crippen molar-refractivity contribution < 1.29 is 28.4 Å². The topological polar surface area (TPSA) is 104 Å². The van der Waals surface area contributed by atoms with E-state index in [1.54, 1.807) is 0 Å². The van der Waals surface area contributed by atoms with Crippen LogP contribution in [0.5, 0.6) is 0 Å². The van der Waals surface area contributed by atoms with Crippen LogP contribution < -0.4 is 14.7 Å². The van der Waals surface area contributed by atoms with Gasteiger partial charge >= 0.3 is 0 Å². The summed E-state index contributed by atoms with van der Waals surface area (Å²) in [5.74, 6) is 6.62. The molecule has 0 atom stereocenters. The van der Waals surface area contributed by atoms with Crippen molar-refractivity contribution in [3.63, 3.8) is 0 Å². The molecule has 13 rings (SSSR count). The molecule has 1 aromatic heterocycles. The van der Waals surface area contributed by atoms with Gasteiger partial charge in [-0.05, 0) is 228 Å². The molecule has 12 fully saturated rings. The van der Waals surface area contributed by atoms with E-state index in [4.69, 9.17) is 43.4 Å². The van der Waals surface area contributed by atoms with Crippen LogP contribution in [0.25, 0.3) is 0 Å². The third kappa shape index (κ3) is 7.94. The molecule has 0 saturated heterocycles. The van der Waals surface area contributed by atoms with Crippen molar-refractivity contribution in [2.75, 3.05) is 55.1 Å². The number of nitrogens with zero attached hydrogens (tertiary/aromatic N) is 6. The molecule has 0 aliphatic heterocycles. The molecule has 0 aromatic carbocycles. The van der Waals surface area contributed by atoms with Crippen LogP contribution in [0.4, 0.5) is 17.8 Å². The minimum absolute atomic E-state index is 0.0496. The highest BCUT2D eigenvalue weighted by Gasteiger charge is 2.51. The number of fused-ring (bicyclic) bond motifs is 12. The Balaban J connectivity index is 0.862. The van der Waals surface area contributed by atoms with Crippen LogP contribution in [0.2, 0.25) is 0 Å². The third-order valence-corrected chi connectivity index (χ3v) is 20.7. The smallest absolute Gasteiger partial charge is 0.235 e. The first-order valence-corrected chi connectivity index (χ1v) is 26.6. The third-order valence-electron chi connectivity index (χ3n) is 20.7. The maximum Gasteiger partial charge on any atom is 0.235 e. The summed E-state index contributed by atoms with van der Waals surface area (Å²) in [4.78, 5) is 23.1. The van der Waals surface area contributed by atoms with Gasteiger partial charge in [-0.15, -0.1) is 0 Å². The lowest BCUT2D eigenvalue weighted by Gasteiger charge is -2.37. The first-order valence-electron chi connectivity index (χ1n) is 26.6. The quantitative estimate of drug-likeness (QED) is 0.110. The normalized spacial score (nSPS) is 44.4. The first kappa shape index (κ1) is 41.4. The molecule has 0 N–H and O–H groups in total. The second-order valence-corrected chi connectivity index (χ2v) is 24.5. The summed E-state index contributed by atoms with van der Waals surface area (Å²) in [7, 11) is 0. The molecular weight excluding hydrogens is 793 g/mol. The predicted molar refractivity (Wildman–Crippen MR) is 239 cm³/mol. The van der Waals surface area contributed by atoms with Gasteiger partial charge in [-0.25, -0.2) is 0 Å². The summed E-state index contributed by atoms with van der Waals surface area (Å²) < 4.78 is 42.6. The van der Waals surface area contributed by atoms with Crippen LogP contribution in [0, 0.1) is 35.5 Å².